The Bertz CT molecular complexity index is 3610. The lowest BCUT2D eigenvalue weighted by molar-refractivity contribution is 1.29. The smallest absolute Gasteiger partial charge is 0.0468 e. The van der Waals surface area contributed by atoms with Crippen molar-refractivity contribution in [3.8, 4) is 55.6 Å². The molecule has 0 amide bonds. The fraction of sp³-hybridized carbons (Fsp3) is 0. The molecule has 0 N–H and O–H groups in total. The molecule has 0 aliphatic rings. The minimum atomic E-state index is 1.09. The van der Waals surface area contributed by atoms with Gasteiger partial charge in [0.05, 0.1) is 0 Å². The summed E-state index contributed by atoms with van der Waals surface area (Å²) in [5.41, 5.74) is 15.4. The summed E-state index contributed by atoms with van der Waals surface area (Å²) in [5.74, 6) is 0. The molecule has 12 aromatic carbocycles. The Morgan fingerprint density at radius 1 is 0.200 bits per heavy atom. The monoisotopic (exact) mass is 825 g/mol. The van der Waals surface area contributed by atoms with Crippen molar-refractivity contribution in [2.75, 3.05) is 4.90 Å². The predicted molar refractivity (Wildman–Crippen MR) is 278 cm³/mol. The molecular weight excluding hydrogens is 783 g/mol. The average molecular weight is 826 g/mol. The maximum Gasteiger partial charge on any atom is 0.0468 e. The van der Waals surface area contributed by atoms with E-state index in [-0.39, 0.29) is 0 Å². The number of hydrogen-bond donors (Lipinski definition) is 0. The molecule has 0 aromatic heterocycles. The van der Waals surface area contributed by atoms with Gasteiger partial charge in [0.1, 0.15) is 0 Å². The first-order chi connectivity index (χ1) is 32.2. The van der Waals surface area contributed by atoms with Gasteiger partial charge < -0.3 is 4.90 Å². The number of anilines is 3. The van der Waals surface area contributed by atoms with Gasteiger partial charge in [-0.05, 0) is 135 Å². The van der Waals surface area contributed by atoms with Gasteiger partial charge in [0.2, 0.25) is 0 Å². The van der Waals surface area contributed by atoms with E-state index in [0.29, 0.717) is 0 Å². The van der Waals surface area contributed by atoms with Gasteiger partial charge in [0.25, 0.3) is 0 Å². The van der Waals surface area contributed by atoms with Gasteiger partial charge in [0, 0.05) is 17.1 Å². The molecule has 12 aromatic rings. The van der Waals surface area contributed by atoms with Crippen LogP contribution in [-0.2, 0) is 0 Å². The zero-order valence-electron chi connectivity index (χ0n) is 35.8. The lowest BCUT2D eigenvalue weighted by Gasteiger charge is -2.27. The fourth-order valence-corrected chi connectivity index (χ4v) is 9.86. The summed E-state index contributed by atoms with van der Waals surface area (Å²) in [6, 6.07) is 95.1. The summed E-state index contributed by atoms with van der Waals surface area (Å²) in [7, 11) is 0. The van der Waals surface area contributed by atoms with Crippen LogP contribution in [0.4, 0.5) is 17.1 Å². The second-order valence-electron chi connectivity index (χ2n) is 16.8. The highest BCUT2D eigenvalue weighted by Gasteiger charge is 2.17. The summed E-state index contributed by atoms with van der Waals surface area (Å²) in [4.78, 5) is 2.40. The second-order valence-corrected chi connectivity index (χ2v) is 16.8. The largest absolute Gasteiger partial charge is 0.310 e. The van der Waals surface area contributed by atoms with Crippen molar-refractivity contribution in [3.05, 3.63) is 261 Å². The van der Waals surface area contributed by atoms with Crippen LogP contribution in [0.15, 0.2) is 261 Å². The molecule has 0 unspecified atom stereocenters. The predicted octanol–water partition coefficient (Wildman–Crippen LogP) is 18.1. The third-order valence-corrected chi connectivity index (χ3v) is 13.1. The molecule has 0 aliphatic heterocycles. The SMILES string of the molecule is c1ccc(-c2ccc(-c3ccc(-c4ccc(N(c5ccc(-c6cccc7cccc(-c8ccccc8)c67)cc5)c5ccc6c7ccccc7c7ccccc7c6c5)cc4)cc3)cc2)cc1. The first kappa shape index (κ1) is 38.2. The molecule has 0 spiro atoms. The van der Waals surface area contributed by atoms with E-state index in [2.05, 4.69) is 266 Å². The van der Waals surface area contributed by atoms with Crippen LogP contribution in [0, 0.1) is 0 Å². The van der Waals surface area contributed by atoms with Crippen molar-refractivity contribution in [3.63, 3.8) is 0 Å². The van der Waals surface area contributed by atoms with Gasteiger partial charge >= 0.3 is 0 Å². The van der Waals surface area contributed by atoms with Crippen LogP contribution in [0.1, 0.15) is 0 Å². The standard InChI is InChI=1S/C64H43N/c1-3-13-44(14-4-1)45-25-27-46(28-26-45)47-29-31-48(32-30-47)49-33-37-53(38-34-49)65(55-41-42-62-60-21-8-7-19-58(60)59-20-9-10-22-61(59)63(62)43-55)54-39-35-51(36-40-54)57-24-12-18-52-17-11-23-56(64(52)57)50-15-5-2-6-16-50/h1-43H. The van der Waals surface area contributed by atoms with Gasteiger partial charge in [-0.1, -0.05) is 224 Å². The number of fused-ring (bicyclic) bond motifs is 7. The van der Waals surface area contributed by atoms with Crippen LogP contribution in [0.5, 0.6) is 0 Å². The molecule has 0 atom stereocenters. The molecule has 0 radical (unpaired) electrons. The first-order valence-corrected chi connectivity index (χ1v) is 22.4. The van der Waals surface area contributed by atoms with E-state index in [1.165, 1.54) is 98.7 Å². The van der Waals surface area contributed by atoms with Crippen LogP contribution >= 0.6 is 0 Å². The van der Waals surface area contributed by atoms with E-state index in [0.717, 1.165) is 17.1 Å². The van der Waals surface area contributed by atoms with Crippen molar-refractivity contribution in [2.24, 2.45) is 0 Å². The Hall–Kier alpha value is -8.52. The summed E-state index contributed by atoms with van der Waals surface area (Å²) in [5, 5.41) is 10.1. The quantitative estimate of drug-likeness (QED) is 0.138. The molecule has 0 saturated carbocycles. The van der Waals surface area contributed by atoms with Gasteiger partial charge in [-0.2, -0.15) is 0 Å². The molecule has 0 saturated heterocycles. The minimum absolute atomic E-state index is 1.09. The van der Waals surface area contributed by atoms with Crippen LogP contribution in [0.25, 0.3) is 98.7 Å². The molecule has 1 heteroatoms. The third kappa shape index (κ3) is 7.01. The third-order valence-electron chi connectivity index (χ3n) is 13.1. The second kappa shape index (κ2) is 16.3. The van der Waals surface area contributed by atoms with Crippen molar-refractivity contribution in [1.29, 1.82) is 0 Å². The summed E-state index contributed by atoms with van der Waals surface area (Å²) >= 11 is 0. The van der Waals surface area contributed by atoms with Crippen molar-refractivity contribution in [1.82, 2.24) is 0 Å². The van der Waals surface area contributed by atoms with Crippen molar-refractivity contribution >= 4 is 60.2 Å². The summed E-state index contributed by atoms with van der Waals surface area (Å²) in [6.45, 7) is 0. The zero-order chi connectivity index (χ0) is 43.1. The van der Waals surface area contributed by atoms with Crippen LogP contribution in [0.2, 0.25) is 0 Å². The summed E-state index contributed by atoms with van der Waals surface area (Å²) < 4.78 is 0. The van der Waals surface area contributed by atoms with Gasteiger partial charge in [-0.3, -0.25) is 0 Å². The Balaban J connectivity index is 0.936. The molecule has 1 nitrogen and oxygen atoms in total. The van der Waals surface area contributed by atoms with E-state index in [1.54, 1.807) is 0 Å². The Morgan fingerprint density at radius 3 is 0.985 bits per heavy atom. The molecule has 0 aliphatic carbocycles. The highest BCUT2D eigenvalue weighted by atomic mass is 15.1. The maximum atomic E-state index is 2.40. The first-order valence-electron chi connectivity index (χ1n) is 22.4. The highest BCUT2D eigenvalue weighted by Crippen LogP contribution is 2.43. The topological polar surface area (TPSA) is 3.24 Å². The lowest BCUT2D eigenvalue weighted by atomic mass is 9.91. The summed E-state index contributed by atoms with van der Waals surface area (Å²) in [6.07, 6.45) is 0. The number of hydrogen-bond acceptors (Lipinski definition) is 1. The number of rotatable bonds is 8. The van der Waals surface area contributed by atoms with E-state index >= 15 is 0 Å². The normalized spacial score (nSPS) is 11.4. The van der Waals surface area contributed by atoms with E-state index < -0.39 is 0 Å². The van der Waals surface area contributed by atoms with E-state index in [9.17, 15) is 0 Å². The van der Waals surface area contributed by atoms with Crippen molar-refractivity contribution in [2.45, 2.75) is 0 Å². The molecular formula is C64H43N. The highest BCUT2D eigenvalue weighted by molar-refractivity contribution is 6.25. The number of nitrogens with zero attached hydrogens (tertiary/aromatic N) is 1. The minimum Gasteiger partial charge on any atom is -0.310 e. The van der Waals surface area contributed by atoms with Gasteiger partial charge in [-0.15, -0.1) is 0 Å². The zero-order valence-corrected chi connectivity index (χ0v) is 35.8. The van der Waals surface area contributed by atoms with Crippen LogP contribution < -0.4 is 4.90 Å². The fourth-order valence-electron chi connectivity index (χ4n) is 9.86. The van der Waals surface area contributed by atoms with Crippen LogP contribution in [-0.4, -0.2) is 0 Å². The molecule has 0 heterocycles. The lowest BCUT2D eigenvalue weighted by Crippen LogP contribution is -2.10. The Kier molecular flexibility index (Phi) is 9.58. The van der Waals surface area contributed by atoms with Gasteiger partial charge in [-0.25, -0.2) is 0 Å². The molecule has 12 rings (SSSR count). The maximum absolute atomic E-state index is 2.40. The molecule has 0 bridgehead atoms. The average Bonchev–Trinajstić information content (AvgIpc) is 3.39. The Labute approximate surface area is 379 Å². The molecule has 0 fully saturated rings. The Morgan fingerprint density at radius 2 is 0.523 bits per heavy atom. The van der Waals surface area contributed by atoms with Crippen LogP contribution in [0.3, 0.4) is 0 Å². The number of benzene rings is 12. The molecule has 65 heavy (non-hydrogen) atoms. The van der Waals surface area contributed by atoms with Gasteiger partial charge in [0.15, 0.2) is 0 Å². The molecule has 304 valence electrons. The van der Waals surface area contributed by atoms with E-state index in [1.807, 2.05) is 0 Å². The van der Waals surface area contributed by atoms with Crippen molar-refractivity contribution < 1.29 is 0 Å². The van der Waals surface area contributed by atoms with E-state index in [4.69, 9.17) is 0 Å².